The normalized spacial score (nSPS) is 11.7. The number of aromatic carboxylic acids is 1. The number of pyridine rings is 1. The van der Waals surface area contributed by atoms with E-state index >= 15 is 0 Å². The Morgan fingerprint density at radius 2 is 2.06 bits per heavy atom. The standard InChI is InChI=1S/C24H17ClN4O4/c1-14(29-13-28-21-11-27-18(10-26)9-20(21)23(29)30)12-33-22-6-5-17(25)8-19(22)15-3-2-4-16(7-15)24(31)32/h2-9,11,13-14H,12H2,1H3,(H,31,32). The molecule has 2 aromatic heterocycles. The largest absolute Gasteiger partial charge is 0.491 e. The number of rotatable bonds is 6. The number of halogens is 1. The zero-order valence-electron chi connectivity index (χ0n) is 17.4. The van der Waals surface area contributed by atoms with Crippen LogP contribution in [0.2, 0.25) is 5.02 Å². The molecule has 0 spiro atoms. The minimum absolute atomic E-state index is 0.135. The van der Waals surface area contributed by atoms with Crippen LogP contribution in [0.25, 0.3) is 22.0 Å². The lowest BCUT2D eigenvalue weighted by molar-refractivity contribution is 0.0697. The lowest BCUT2D eigenvalue weighted by atomic mass is 10.0. The Kier molecular flexibility index (Phi) is 6.07. The van der Waals surface area contributed by atoms with Gasteiger partial charge in [0, 0.05) is 10.6 Å². The fraction of sp³-hybridized carbons (Fsp3) is 0.125. The Morgan fingerprint density at radius 3 is 2.82 bits per heavy atom. The predicted molar refractivity (Wildman–Crippen MR) is 123 cm³/mol. The van der Waals surface area contributed by atoms with Gasteiger partial charge < -0.3 is 9.84 Å². The summed E-state index contributed by atoms with van der Waals surface area (Å²) in [5.41, 5.74) is 1.65. The molecule has 0 fully saturated rings. The second kappa shape index (κ2) is 9.10. The van der Waals surface area contributed by atoms with Crippen molar-refractivity contribution in [3.05, 3.63) is 87.7 Å². The average Bonchev–Trinajstić information content (AvgIpc) is 2.83. The first-order valence-corrected chi connectivity index (χ1v) is 10.3. The van der Waals surface area contributed by atoms with Crippen LogP contribution in [0, 0.1) is 11.3 Å². The maximum Gasteiger partial charge on any atom is 0.335 e. The summed E-state index contributed by atoms with van der Waals surface area (Å²) in [6.45, 7) is 1.94. The van der Waals surface area contributed by atoms with E-state index in [1.54, 1.807) is 36.4 Å². The molecule has 33 heavy (non-hydrogen) atoms. The van der Waals surface area contributed by atoms with Gasteiger partial charge in [-0.15, -0.1) is 0 Å². The number of benzene rings is 2. The number of aromatic nitrogens is 3. The van der Waals surface area contributed by atoms with Crippen LogP contribution in [0.3, 0.4) is 0 Å². The minimum atomic E-state index is -1.03. The summed E-state index contributed by atoms with van der Waals surface area (Å²) in [4.78, 5) is 32.5. The van der Waals surface area contributed by atoms with E-state index in [0.717, 1.165) is 0 Å². The molecule has 1 N–H and O–H groups in total. The molecule has 9 heteroatoms. The number of hydrogen-bond acceptors (Lipinski definition) is 6. The third-order valence-electron chi connectivity index (χ3n) is 5.10. The molecule has 8 nitrogen and oxygen atoms in total. The van der Waals surface area contributed by atoms with Gasteiger partial charge in [-0.05, 0) is 48.9 Å². The molecule has 0 radical (unpaired) electrons. The van der Waals surface area contributed by atoms with Crippen molar-refractivity contribution in [3.8, 4) is 22.9 Å². The maximum atomic E-state index is 12.9. The zero-order valence-corrected chi connectivity index (χ0v) is 18.2. The van der Waals surface area contributed by atoms with Crippen LogP contribution in [-0.2, 0) is 0 Å². The molecule has 4 aromatic rings. The highest BCUT2D eigenvalue weighted by molar-refractivity contribution is 6.31. The zero-order chi connectivity index (χ0) is 23.5. The van der Waals surface area contributed by atoms with Crippen molar-refractivity contribution < 1.29 is 14.6 Å². The molecular weight excluding hydrogens is 444 g/mol. The third-order valence-corrected chi connectivity index (χ3v) is 5.34. The van der Waals surface area contributed by atoms with E-state index in [1.807, 2.05) is 13.0 Å². The highest BCUT2D eigenvalue weighted by atomic mass is 35.5. The molecule has 0 aliphatic carbocycles. The van der Waals surface area contributed by atoms with E-state index in [0.29, 0.717) is 32.8 Å². The molecule has 0 aliphatic rings. The van der Waals surface area contributed by atoms with E-state index in [9.17, 15) is 14.7 Å². The predicted octanol–water partition coefficient (Wildman–Crippen LogP) is 4.32. The van der Waals surface area contributed by atoms with Crippen LogP contribution < -0.4 is 10.3 Å². The van der Waals surface area contributed by atoms with Gasteiger partial charge in [-0.25, -0.2) is 14.8 Å². The molecular formula is C24H17ClN4O4. The Morgan fingerprint density at radius 1 is 1.24 bits per heavy atom. The average molecular weight is 461 g/mol. The first-order valence-electron chi connectivity index (χ1n) is 9.90. The monoisotopic (exact) mass is 460 g/mol. The molecule has 1 unspecified atom stereocenters. The van der Waals surface area contributed by atoms with Gasteiger partial charge in [-0.1, -0.05) is 23.7 Å². The van der Waals surface area contributed by atoms with Gasteiger partial charge in [0.1, 0.15) is 24.1 Å². The van der Waals surface area contributed by atoms with Crippen LogP contribution in [-0.4, -0.2) is 32.2 Å². The first-order chi connectivity index (χ1) is 15.9. The number of ether oxygens (including phenoxy) is 1. The fourth-order valence-electron chi connectivity index (χ4n) is 3.38. The Labute approximate surface area is 193 Å². The number of nitrogens with zero attached hydrogens (tertiary/aromatic N) is 4. The molecule has 4 rings (SSSR count). The lowest BCUT2D eigenvalue weighted by Crippen LogP contribution is -2.27. The summed E-state index contributed by atoms with van der Waals surface area (Å²) in [6.07, 6.45) is 2.82. The number of fused-ring (bicyclic) bond motifs is 1. The molecule has 0 saturated carbocycles. The van der Waals surface area contributed by atoms with Gasteiger partial charge >= 0.3 is 5.97 Å². The highest BCUT2D eigenvalue weighted by Crippen LogP contribution is 2.33. The molecule has 2 aromatic carbocycles. The van der Waals surface area contributed by atoms with Gasteiger partial charge in [0.2, 0.25) is 0 Å². The number of carboxylic acid groups (broad SMARTS) is 1. The second-order valence-electron chi connectivity index (χ2n) is 7.34. The van der Waals surface area contributed by atoms with Gasteiger partial charge in [0.15, 0.2) is 0 Å². The fourth-order valence-corrected chi connectivity index (χ4v) is 3.55. The molecule has 0 bridgehead atoms. The number of carbonyl (C=O) groups is 1. The molecule has 1 atom stereocenters. The van der Waals surface area contributed by atoms with Crippen LogP contribution in [0.4, 0.5) is 0 Å². The summed E-state index contributed by atoms with van der Waals surface area (Å²) < 4.78 is 7.45. The first kappa shape index (κ1) is 22.0. The van der Waals surface area contributed by atoms with Crippen molar-refractivity contribution in [1.29, 1.82) is 5.26 Å². The summed E-state index contributed by atoms with van der Waals surface area (Å²) in [6, 6.07) is 14.5. The molecule has 0 aliphatic heterocycles. The van der Waals surface area contributed by atoms with Crippen molar-refractivity contribution in [2.75, 3.05) is 6.61 Å². The van der Waals surface area contributed by atoms with Crippen molar-refractivity contribution >= 4 is 28.5 Å². The molecule has 0 amide bonds. The number of hydrogen-bond donors (Lipinski definition) is 1. The summed E-state index contributed by atoms with van der Waals surface area (Å²) >= 11 is 6.18. The lowest BCUT2D eigenvalue weighted by Gasteiger charge is -2.18. The molecule has 0 saturated heterocycles. The number of carboxylic acids is 1. The Balaban J connectivity index is 1.63. The minimum Gasteiger partial charge on any atom is -0.491 e. The smallest absolute Gasteiger partial charge is 0.335 e. The van der Waals surface area contributed by atoms with Crippen LogP contribution >= 0.6 is 11.6 Å². The molecule has 164 valence electrons. The SMILES string of the molecule is CC(COc1ccc(Cl)cc1-c1cccc(C(=O)O)c1)n1cnc2cnc(C#N)cc2c1=O. The van der Waals surface area contributed by atoms with Crippen molar-refractivity contribution in [3.63, 3.8) is 0 Å². The highest BCUT2D eigenvalue weighted by Gasteiger charge is 2.15. The quantitative estimate of drug-likeness (QED) is 0.455. The van der Waals surface area contributed by atoms with Gasteiger partial charge in [-0.2, -0.15) is 5.26 Å². The number of nitriles is 1. The van der Waals surface area contributed by atoms with Crippen molar-refractivity contribution in [1.82, 2.24) is 14.5 Å². The maximum absolute atomic E-state index is 12.9. The van der Waals surface area contributed by atoms with Crippen molar-refractivity contribution in [2.45, 2.75) is 13.0 Å². The van der Waals surface area contributed by atoms with Crippen LogP contribution in [0.1, 0.15) is 29.0 Å². The summed E-state index contributed by atoms with van der Waals surface area (Å²) in [5.74, 6) is -0.542. The van der Waals surface area contributed by atoms with E-state index in [2.05, 4.69) is 9.97 Å². The van der Waals surface area contributed by atoms with E-state index < -0.39 is 5.97 Å². The summed E-state index contributed by atoms with van der Waals surface area (Å²) in [7, 11) is 0. The Bertz CT molecular complexity index is 1480. The second-order valence-corrected chi connectivity index (χ2v) is 7.78. The van der Waals surface area contributed by atoms with E-state index in [1.165, 1.54) is 29.2 Å². The van der Waals surface area contributed by atoms with E-state index in [4.69, 9.17) is 21.6 Å². The Hall–Kier alpha value is -4.22. The topological polar surface area (TPSA) is 118 Å². The third kappa shape index (κ3) is 4.54. The van der Waals surface area contributed by atoms with Crippen LogP contribution in [0.5, 0.6) is 5.75 Å². The van der Waals surface area contributed by atoms with Crippen LogP contribution in [0.15, 0.2) is 65.8 Å². The molecule has 2 heterocycles. The summed E-state index contributed by atoms with van der Waals surface area (Å²) in [5, 5.41) is 19.1. The van der Waals surface area contributed by atoms with E-state index in [-0.39, 0.29) is 29.5 Å². The van der Waals surface area contributed by atoms with Crippen molar-refractivity contribution in [2.24, 2.45) is 0 Å². The van der Waals surface area contributed by atoms with Gasteiger partial charge in [0.05, 0.1) is 35.0 Å². The van der Waals surface area contributed by atoms with Gasteiger partial charge in [0.25, 0.3) is 5.56 Å². The van der Waals surface area contributed by atoms with Gasteiger partial charge in [-0.3, -0.25) is 9.36 Å².